The summed E-state index contributed by atoms with van der Waals surface area (Å²) in [5.41, 5.74) is 9.41. The van der Waals surface area contributed by atoms with Gasteiger partial charge in [0.05, 0.1) is 0 Å². The Morgan fingerprint density at radius 3 is 1.76 bits per heavy atom. The van der Waals surface area contributed by atoms with E-state index in [4.69, 9.17) is 14.4 Å². The van der Waals surface area contributed by atoms with Gasteiger partial charge < -0.3 is 9.73 Å². The SMILES string of the molecule is c1ccc2cc(-c3ccc4oc5cc6ccccc6cc5c4c3-c3ccc(C4=NC(c5cccc6ccccc56)NC(c5cccc6ccccc56)=N4)c4ccccc34)ccc2c1. The molecule has 63 heavy (non-hydrogen) atoms. The highest BCUT2D eigenvalue weighted by Crippen LogP contribution is 2.47. The summed E-state index contributed by atoms with van der Waals surface area (Å²) >= 11 is 0. The largest absolute Gasteiger partial charge is 0.456 e. The van der Waals surface area contributed by atoms with E-state index in [1.54, 1.807) is 0 Å². The van der Waals surface area contributed by atoms with E-state index in [9.17, 15) is 0 Å². The van der Waals surface area contributed by atoms with Crippen LogP contribution < -0.4 is 5.32 Å². The molecule has 13 rings (SSSR count). The number of hydrogen-bond acceptors (Lipinski definition) is 4. The van der Waals surface area contributed by atoms with Crippen LogP contribution in [-0.4, -0.2) is 11.7 Å². The molecule has 4 nitrogen and oxygen atoms in total. The first-order valence-electron chi connectivity index (χ1n) is 21.5. The summed E-state index contributed by atoms with van der Waals surface area (Å²) < 4.78 is 6.74. The van der Waals surface area contributed by atoms with Crippen molar-refractivity contribution in [2.45, 2.75) is 6.17 Å². The highest BCUT2D eigenvalue weighted by Gasteiger charge is 2.26. The molecule has 0 saturated carbocycles. The number of amidine groups is 2. The Morgan fingerprint density at radius 1 is 0.381 bits per heavy atom. The molecule has 1 N–H and O–H groups in total. The van der Waals surface area contributed by atoms with Crippen LogP contribution in [0.4, 0.5) is 0 Å². The Morgan fingerprint density at radius 2 is 0.968 bits per heavy atom. The molecule has 2 heterocycles. The van der Waals surface area contributed by atoms with Gasteiger partial charge in [-0.1, -0.05) is 182 Å². The minimum absolute atomic E-state index is 0.378. The van der Waals surface area contributed by atoms with Crippen LogP contribution in [0.3, 0.4) is 0 Å². The van der Waals surface area contributed by atoms with E-state index in [1.807, 2.05) is 0 Å². The summed E-state index contributed by atoms with van der Waals surface area (Å²) in [7, 11) is 0. The molecule has 294 valence electrons. The van der Waals surface area contributed by atoms with Crippen molar-refractivity contribution >= 4 is 87.5 Å². The Balaban J connectivity index is 1.07. The van der Waals surface area contributed by atoms with Gasteiger partial charge in [0.1, 0.15) is 23.2 Å². The number of benzene rings is 11. The molecule has 0 aliphatic carbocycles. The molecule has 1 aliphatic rings. The fourth-order valence-corrected chi connectivity index (χ4v) is 9.93. The second-order valence-corrected chi connectivity index (χ2v) is 16.5. The van der Waals surface area contributed by atoms with Crippen LogP contribution in [-0.2, 0) is 0 Å². The smallest absolute Gasteiger partial charge is 0.160 e. The van der Waals surface area contributed by atoms with Gasteiger partial charge in [-0.05, 0) is 101 Å². The van der Waals surface area contributed by atoms with Gasteiger partial charge in [0.2, 0.25) is 0 Å². The van der Waals surface area contributed by atoms with E-state index >= 15 is 0 Å². The number of aliphatic imine (C=N–C) groups is 2. The van der Waals surface area contributed by atoms with E-state index in [2.05, 4.69) is 218 Å². The van der Waals surface area contributed by atoms with Crippen LogP contribution in [0.15, 0.2) is 227 Å². The van der Waals surface area contributed by atoms with Gasteiger partial charge in [-0.3, -0.25) is 0 Å². The second-order valence-electron chi connectivity index (χ2n) is 16.5. The average Bonchev–Trinajstić information content (AvgIpc) is 3.71. The predicted molar refractivity (Wildman–Crippen MR) is 264 cm³/mol. The highest BCUT2D eigenvalue weighted by molar-refractivity contribution is 6.24. The quantitative estimate of drug-likeness (QED) is 0.188. The Labute approximate surface area is 363 Å². The summed E-state index contributed by atoms with van der Waals surface area (Å²) in [5, 5.41) is 17.6. The van der Waals surface area contributed by atoms with E-state index in [-0.39, 0.29) is 6.17 Å². The first kappa shape index (κ1) is 35.4. The maximum Gasteiger partial charge on any atom is 0.160 e. The maximum atomic E-state index is 6.74. The number of rotatable bonds is 5. The standard InChI is InChI=1S/C59H37N3O/c1-2-16-39-33-42(28-27-36(39)13-1)45-31-32-53-56(52-34-40-17-3-4-18-41(40)35-54(52)63-53)55(45)48-29-30-51(47-24-10-9-23-46(47)48)59-61-57(49-25-11-19-37-14-5-7-21-43(37)49)60-58(62-59)50-26-12-20-38-15-6-8-22-44(38)50/h1-35,57H,(H,60,61,62). The molecule has 0 fully saturated rings. The van der Waals surface area contributed by atoms with Crippen LogP contribution in [0.5, 0.6) is 0 Å². The molecule has 1 aliphatic heterocycles. The van der Waals surface area contributed by atoms with Crippen molar-refractivity contribution in [2.75, 3.05) is 0 Å². The maximum absolute atomic E-state index is 6.74. The molecule has 0 saturated heterocycles. The van der Waals surface area contributed by atoms with E-state index in [0.717, 1.165) is 99.0 Å². The van der Waals surface area contributed by atoms with Crippen LogP contribution in [0, 0.1) is 0 Å². The number of nitrogens with one attached hydrogen (secondary N) is 1. The number of furan rings is 1. The highest BCUT2D eigenvalue weighted by atomic mass is 16.3. The summed E-state index contributed by atoms with van der Waals surface area (Å²) in [6.45, 7) is 0. The van der Waals surface area contributed by atoms with E-state index < -0.39 is 0 Å². The molecular formula is C59H37N3O. The van der Waals surface area contributed by atoms with Crippen LogP contribution in [0.25, 0.3) is 98.1 Å². The van der Waals surface area contributed by atoms with Gasteiger partial charge in [-0.25, -0.2) is 9.98 Å². The lowest BCUT2D eigenvalue weighted by molar-refractivity contribution is 0.669. The Hall–Kier alpha value is -8.34. The predicted octanol–water partition coefficient (Wildman–Crippen LogP) is 15.2. The molecule has 1 aromatic heterocycles. The fourth-order valence-electron chi connectivity index (χ4n) is 9.93. The molecule has 1 unspecified atom stereocenters. The molecule has 1 atom stereocenters. The van der Waals surface area contributed by atoms with E-state index in [1.165, 1.54) is 21.5 Å². The first-order chi connectivity index (χ1) is 31.2. The molecule has 11 aromatic carbocycles. The minimum Gasteiger partial charge on any atom is -0.456 e. The van der Waals surface area contributed by atoms with Crippen molar-refractivity contribution in [3.8, 4) is 22.3 Å². The molecule has 4 heteroatoms. The fraction of sp³-hybridized carbons (Fsp3) is 0.0169. The van der Waals surface area contributed by atoms with Gasteiger partial charge in [-0.2, -0.15) is 0 Å². The van der Waals surface area contributed by atoms with Gasteiger partial charge in [-0.15, -0.1) is 0 Å². The monoisotopic (exact) mass is 803 g/mol. The van der Waals surface area contributed by atoms with Gasteiger partial charge in [0.25, 0.3) is 0 Å². The zero-order valence-electron chi connectivity index (χ0n) is 34.1. The third kappa shape index (κ3) is 5.76. The van der Waals surface area contributed by atoms with Crippen LogP contribution >= 0.6 is 0 Å². The van der Waals surface area contributed by atoms with Crippen molar-refractivity contribution in [1.82, 2.24) is 5.32 Å². The van der Waals surface area contributed by atoms with Crippen LogP contribution in [0.2, 0.25) is 0 Å². The summed E-state index contributed by atoms with van der Waals surface area (Å²) in [4.78, 5) is 10.9. The third-order valence-corrected chi connectivity index (χ3v) is 12.9. The minimum atomic E-state index is -0.378. The number of nitrogens with zero attached hydrogens (tertiary/aromatic N) is 2. The zero-order valence-corrected chi connectivity index (χ0v) is 34.1. The topological polar surface area (TPSA) is 49.9 Å². The van der Waals surface area contributed by atoms with Gasteiger partial charge >= 0.3 is 0 Å². The zero-order chi connectivity index (χ0) is 41.4. The summed E-state index contributed by atoms with van der Waals surface area (Å²) in [6, 6.07) is 75.9. The lowest BCUT2D eigenvalue weighted by atomic mass is 9.86. The van der Waals surface area contributed by atoms with Crippen molar-refractivity contribution in [3.05, 3.63) is 229 Å². The molecular weight excluding hydrogens is 767 g/mol. The van der Waals surface area contributed by atoms with Gasteiger partial charge in [0, 0.05) is 33.0 Å². The molecule has 0 bridgehead atoms. The number of hydrogen-bond donors (Lipinski definition) is 1. The van der Waals surface area contributed by atoms with E-state index in [0.29, 0.717) is 5.84 Å². The van der Waals surface area contributed by atoms with Crippen LogP contribution in [0.1, 0.15) is 22.9 Å². The molecule has 0 spiro atoms. The summed E-state index contributed by atoms with van der Waals surface area (Å²) in [6.07, 6.45) is -0.378. The lowest BCUT2D eigenvalue weighted by Crippen LogP contribution is -2.33. The lowest BCUT2D eigenvalue weighted by Gasteiger charge is -2.26. The molecule has 0 radical (unpaired) electrons. The third-order valence-electron chi connectivity index (χ3n) is 12.9. The normalized spacial score (nSPS) is 14.2. The van der Waals surface area contributed by atoms with Crippen molar-refractivity contribution < 1.29 is 4.42 Å². The van der Waals surface area contributed by atoms with Crippen molar-refractivity contribution in [1.29, 1.82) is 0 Å². The molecule has 0 amide bonds. The van der Waals surface area contributed by atoms with Crippen molar-refractivity contribution in [3.63, 3.8) is 0 Å². The second kappa shape index (κ2) is 14.1. The molecule has 12 aromatic rings. The number of fused-ring (bicyclic) bond motifs is 8. The Kier molecular flexibility index (Phi) is 7.94. The summed E-state index contributed by atoms with van der Waals surface area (Å²) in [5.74, 6) is 1.48. The van der Waals surface area contributed by atoms with Crippen molar-refractivity contribution in [2.24, 2.45) is 9.98 Å². The Bertz CT molecular complexity index is 3900. The van der Waals surface area contributed by atoms with Gasteiger partial charge in [0.15, 0.2) is 5.84 Å². The first-order valence-corrected chi connectivity index (χ1v) is 21.5. The average molecular weight is 804 g/mol.